The molecule has 1 unspecified atom stereocenters. The van der Waals surface area contributed by atoms with Crippen molar-refractivity contribution in [1.29, 1.82) is 0 Å². The van der Waals surface area contributed by atoms with Gasteiger partial charge in [0.25, 0.3) is 0 Å². The molecule has 0 heterocycles. The summed E-state index contributed by atoms with van der Waals surface area (Å²) in [7, 11) is 1.69. The van der Waals surface area contributed by atoms with Crippen molar-refractivity contribution in [1.82, 2.24) is 0 Å². The molecule has 0 amide bonds. The van der Waals surface area contributed by atoms with Crippen LogP contribution in [0, 0.1) is 16.7 Å². The van der Waals surface area contributed by atoms with Crippen LogP contribution in [-0.4, -0.2) is 13.2 Å². The molecule has 3 heteroatoms. The maximum Gasteiger partial charge on any atom is 0.121 e. The lowest BCUT2D eigenvalue weighted by atomic mass is 9.68. The van der Waals surface area contributed by atoms with Crippen LogP contribution in [0.4, 0.5) is 5.69 Å². The first-order valence-electron chi connectivity index (χ1n) is 7.47. The highest BCUT2D eigenvalue weighted by atomic mass is 35.5. The van der Waals surface area contributed by atoms with Gasteiger partial charge in [-0.1, -0.05) is 32.4 Å². The van der Waals surface area contributed by atoms with E-state index >= 15 is 0 Å². The zero-order valence-electron chi connectivity index (χ0n) is 12.8. The minimum absolute atomic E-state index is 0.319. The number of anilines is 1. The monoisotopic (exact) mass is 293 g/mol. The molecule has 2 aliphatic rings. The van der Waals surface area contributed by atoms with Crippen molar-refractivity contribution in [3.05, 3.63) is 23.2 Å². The van der Waals surface area contributed by atoms with Crippen molar-refractivity contribution >= 4 is 17.3 Å². The van der Waals surface area contributed by atoms with Gasteiger partial charge in [0.15, 0.2) is 0 Å². The summed E-state index contributed by atoms with van der Waals surface area (Å²) in [5.41, 5.74) is 1.71. The summed E-state index contributed by atoms with van der Waals surface area (Å²) >= 11 is 6.35. The van der Waals surface area contributed by atoms with Gasteiger partial charge in [-0.05, 0) is 48.1 Å². The van der Waals surface area contributed by atoms with Crippen molar-refractivity contribution in [3.8, 4) is 5.75 Å². The number of methoxy groups -OCH3 is 1. The summed E-state index contributed by atoms with van der Waals surface area (Å²) < 4.78 is 5.31. The van der Waals surface area contributed by atoms with Crippen LogP contribution in [0.1, 0.15) is 40.0 Å². The van der Waals surface area contributed by atoms with Gasteiger partial charge in [-0.15, -0.1) is 0 Å². The third kappa shape index (κ3) is 2.00. The molecule has 2 bridgehead atoms. The third-order valence-electron chi connectivity index (χ3n) is 5.74. The van der Waals surface area contributed by atoms with Gasteiger partial charge in [-0.25, -0.2) is 0 Å². The van der Waals surface area contributed by atoms with E-state index in [1.165, 1.54) is 19.3 Å². The van der Waals surface area contributed by atoms with Gasteiger partial charge in [0, 0.05) is 12.1 Å². The largest absolute Gasteiger partial charge is 0.497 e. The van der Waals surface area contributed by atoms with Crippen LogP contribution in [0.3, 0.4) is 0 Å². The van der Waals surface area contributed by atoms with Crippen LogP contribution in [0.25, 0.3) is 0 Å². The summed E-state index contributed by atoms with van der Waals surface area (Å²) in [6, 6.07) is 6.29. The number of rotatable bonds is 3. The van der Waals surface area contributed by atoms with Crippen LogP contribution in [0.5, 0.6) is 5.75 Å². The minimum atomic E-state index is 0.319. The zero-order chi connectivity index (χ0) is 14.5. The molecule has 3 atom stereocenters. The van der Waals surface area contributed by atoms with E-state index in [0.717, 1.165) is 22.4 Å². The minimum Gasteiger partial charge on any atom is -0.497 e. The van der Waals surface area contributed by atoms with Crippen molar-refractivity contribution in [2.45, 2.75) is 46.1 Å². The Kier molecular flexibility index (Phi) is 3.20. The molecule has 0 saturated heterocycles. The van der Waals surface area contributed by atoms with Gasteiger partial charge in [-0.2, -0.15) is 0 Å². The molecular formula is C17H24ClNO. The number of fused-ring (bicyclic) bond motifs is 2. The zero-order valence-corrected chi connectivity index (χ0v) is 13.6. The molecule has 1 N–H and O–H groups in total. The van der Waals surface area contributed by atoms with Crippen molar-refractivity contribution in [2.75, 3.05) is 12.4 Å². The second-order valence-corrected chi connectivity index (χ2v) is 7.75. The molecule has 20 heavy (non-hydrogen) atoms. The molecule has 0 spiro atoms. The van der Waals surface area contributed by atoms with Crippen molar-refractivity contribution < 1.29 is 4.74 Å². The van der Waals surface area contributed by atoms with E-state index < -0.39 is 0 Å². The number of benzene rings is 1. The Bertz CT molecular complexity index is 523. The fourth-order valence-corrected chi connectivity index (χ4v) is 4.73. The van der Waals surface area contributed by atoms with E-state index in [9.17, 15) is 0 Å². The fourth-order valence-electron chi connectivity index (χ4n) is 4.56. The quantitative estimate of drug-likeness (QED) is 0.849. The first-order chi connectivity index (χ1) is 9.37. The molecule has 0 aromatic heterocycles. The van der Waals surface area contributed by atoms with Crippen molar-refractivity contribution in [2.24, 2.45) is 16.7 Å². The molecule has 110 valence electrons. The highest BCUT2D eigenvalue weighted by Crippen LogP contribution is 2.63. The molecule has 0 radical (unpaired) electrons. The average molecular weight is 294 g/mol. The second kappa shape index (κ2) is 4.56. The lowest BCUT2D eigenvalue weighted by Crippen LogP contribution is -2.45. The Morgan fingerprint density at radius 3 is 2.65 bits per heavy atom. The van der Waals surface area contributed by atoms with E-state index in [0.29, 0.717) is 16.9 Å². The van der Waals surface area contributed by atoms with Gasteiger partial charge < -0.3 is 10.1 Å². The summed E-state index contributed by atoms with van der Waals surface area (Å²) in [5.74, 6) is 1.68. The van der Waals surface area contributed by atoms with Crippen LogP contribution >= 0.6 is 11.6 Å². The van der Waals surface area contributed by atoms with Gasteiger partial charge >= 0.3 is 0 Å². The Labute approximate surface area is 126 Å². The summed E-state index contributed by atoms with van der Waals surface area (Å²) in [6.07, 6.45) is 4.02. The maximum atomic E-state index is 6.35. The highest BCUT2D eigenvalue weighted by molar-refractivity contribution is 6.33. The van der Waals surface area contributed by atoms with Crippen LogP contribution < -0.4 is 10.1 Å². The molecule has 2 saturated carbocycles. The van der Waals surface area contributed by atoms with Gasteiger partial charge in [-0.3, -0.25) is 0 Å². The fraction of sp³-hybridized carbons (Fsp3) is 0.647. The van der Waals surface area contributed by atoms with Gasteiger partial charge in [0.05, 0.1) is 17.8 Å². The number of halogens is 1. The summed E-state index contributed by atoms with van der Waals surface area (Å²) in [6.45, 7) is 7.22. The molecule has 2 nitrogen and oxygen atoms in total. The van der Waals surface area contributed by atoms with Gasteiger partial charge in [0.2, 0.25) is 0 Å². The number of ether oxygens (including phenoxy) is 1. The Balaban J connectivity index is 1.91. The third-order valence-corrected chi connectivity index (χ3v) is 6.07. The normalized spacial score (nSPS) is 34.2. The molecular weight excluding hydrogens is 270 g/mol. The Morgan fingerprint density at radius 1 is 1.30 bits per heavy atom. The predicted octanol–water partition coefficient (Wildman–Crippen LogP) is 4.98. The Morgan fingerprint density at radius 2 is 2.05 bits per heavy atom. The second-order valence-electron chi connectivity index (χ2n) is 7.34. The highest BCUT2D eigenvalue weighted by Gasteiger charge is 2.59. The van der Waals surface area contributed by atoms with Crippen LogP contribution in [0.2, 0.25) is 5.02 Å². The smallest absolute Gasteiger partial charge is 0.121 e. The average Bonchev–Trinajstić information content (AvgIpc) is 2.88. The molecule has 2 aliphatic carbocycles. The van der Waals surface area contributed by atoms with E-state index in [1.807, 2.05) is 18.2 Å². The van der Waals surface area contributed by atoms with E-state index in [1.54, 1.807) is 7.11 Å². The van der Waals surface area contributed by atoms with E-state index in [4.69, 9.17) is 16.3 Å². The standard InChI is InChI=1S/C17H24ClNO/c1-16(2)11-7-8-17(3,10-11)15(16)19-14-9-12(20-4)5-6-13(14)18/h5-6,9,11,15,19H,7-8,10H2,1-4H3/t11-,15?,17+/m0/s1. The Hall–Kier alpha value is -0.890. The maximum absolute atomic E-state index is 6.35. The van der Waals surface area contributed by atoms with Crippen LogP contribution in [0.15, 0.2) is 18.2 Å². The van der Waals surface area contributed by atoms with Crippen molar-refractivity contribution in [3.63, 3.8) is 0 Å². The molecule has 2 fully saturated rings. The van der Waals surface area contributed by atoms with Crippen LogP contribution in [-0.2, 0) is 0 Å². The lowest BCUT2D eigenvalue weighted by molar-refractivity contribution is 0.155. The lowest BCUT2D eigenvalue weighted by Gasteiger charge is -2.43. The number of hydrogen-bond donors (Lipinski definition) is 1. The number of hydrogen-bond acceptors (Lipinski definition) is 2. The van der Waals surface area contributed by atoms with Gasteiger partial charge in [0.1, 0.15) is 5.75 Å². The summed E-state index contributed by atoms with van der Waals surface area (Å²) in [4.78, 5) is 0. The SMILES string of the molecule is COc1ccc(Cl)c(NC2C(C)(C)[C@H]3CC[C@]2(C)C3)c1. The topological polar surface area (TPSA) is 21.3 Å². The molecule has 0 aliphatic heterocycles. The molecule has 1 aromatic carbocycles. The summed E-state index contributed by atoms with van der Waals surface area (Å²) in [5, 5.41) is 4.51. The number of nitrogens with one attached hydrogen (secondary N) is 1. The first-order valence-corrected chi connectivity index (χ1v) is 7.85. The first kappa shape index (κ1) is 14.1. The molecule has 3 rings (SSSR count). The van der Waals surface area contributed by atoms with E-state index in [2.05, 4.69) is 26.1 Å². The van der Waals surface area contributed by atoms with E-state index in [-0.39, 0.29) is 0 Å². The predicted molar refractivity (Wildman–Crippen MR) is 84.6 cm³/mol. The molecule has 1 aromatic rings.